The molecule has 3 rings (SSSR count). The number of para-hydroxylation sites is 1. The summed E-state index contributed by atoms with van der Waals surface area (Å²) in [6, 6.07) is 13.9. The smallest absolute Gasteiger partial charge is 0.253 e. The van der Waals surface area contributed by atoms with Gasteiger partial charge in [0.25, 0.3) is 5.91 Å². The molecule has 1 N–H and O–H groups in total. The largest absolute Gasteiger partial charge is 0.328 e. The Kier molecular flexibility index (Phi) is 4.67. The Morgan fingerprint density at radius 3 is 2.67 bits per heavy atom. The number of aromatic nitrogens is 3. The molecule has 1 amide bonds. The molecular formula is C16H13Cl3N4O. The van der Waals surface area contributed by atoms with Crippen LogP contribution in [0.3, 0.4) is 0 Å². The number of hydrogen-bond acceptors (Lipinski definition) is 3. The van der Waals surface area contributed by atoms with Crippen LogP contribution < -0.4 is 5.32 Å². The third-order valence-electron chi connectivity index (χ3n) is 3.46. The van der Waals surface area contributed by atoms with Crippen LogP contribution in [0.15, 0.2) is 48.5 Å². The molecule has 24 heavy (non-hydrogen) atoms. The minimum Gasteiger partial charge on any atom is -0.328 e. The SMILES string of the molecule is CC(Cl)(Cl)C(NC(=O)c1cccc(Cl)c1)n1nnc2ccccc21. The lowest BCUT2D eigenvalue weighted by atomic mass is 10.2. The maximum Gasteiger partial charge on any atom is 0.253 e. The van der Waals surface area contributed by atoms with Gasteiger partial charge in [0, 0.05) is 10.6 Å². The number of nitrogens with zero attached hydrogens (tertiary/aromatic N) is 3. The van der Waals surface area contributed by atoms with Crippen molar-refractivity contribution in [3.8, 4) is 0 Å². The minimum atomic E-state index is -1.31. The number of carbonyl (C=O) groups excluding carboxylic acids is 1. The van der Waals surface area contributed by atoms with Crippen LogP contribution in [-0.2, 0) is 0 Å². The number of hydrogen-bond donors (Lipinski definition) is 1. The predicted octanol–water partition coefficient (Wildman–Crippen LogP) is 4.21. The Labute approximate surface area is 153 Å². The molecular weight excluding hydrogens is 371 g/mol. The normalized spacial score (nSPS) is 13.0. The van der Waals surface area contributed by atoms with E-state index < -0.39 is 10.5 Å². The van der Waals surface area contributed by atoms with Gasteiger partial charge < -0.3 is 5.32 Å². The van der Waals surface area contributed by atoms with Crippen molar-refractivity contribution in [1.82, 2.24) is 20.3 Å². The molecule has 0 radical (unpaired) electrons. The Morgan fingerprint density at radius 2 is 1.96 bits per heavy atom. The Hall–Kier alpha value is -1.82. The van der Waals surface area contributed by atoms with Crippen molar-refractivity contribution < 1.29 is 4.79 Å². The van der Waals surface area contributed by atoms with Crippen LogP contribution in [-0.4, -0.2) is 25.2 Å². The number of amides is 1. The molecule has 5 nitrogen and oxygen atoms in total. The first kappa shape index (κ1) is 17.0. The van der Waals surface area contributed by atoms with Crippen molar-refractivity contribution >= 4 is 51.7 Å². The average molecular weight is 384 g/mol. The molecule has 8 heteroatoms. The fraction of sp³-hybridized carbons (Fsp3) is 0.188. The van der Waals surface area contributed by atoms with E-state index in [4.69, 9.17) is 34.8 Å². The zero-order chi connectivity index (χ0) is 17.3. The van der Waals surface area contributed by atoms with E-state index >= 15 is 0 Å². The highest BCUT2D eigenvalue weighted by atomic mass is 35.5. The topological polar surface area (TPSA) is 59.8 Å². The van der Waals surface area contributed by atoms with E-state index in [2.05, 4.69) is 15.6 Å². The van der Waals surface area contributed by atoms with Gasteiger partial charge in [0.2, 0.25) is 0 Å². The lowest BCUT2D eigenvalue weighted by Gasteiger charge is -2.27. The predicted molar refractivity (Wildman–Crippen MR) is 95.6 cm³/mol. The second kappa shape index (κ2) is 6.59. The van der Waals surface area contributed by atoms with E-state index in [1.807, 2.05) is 24.3 Å². The first-order chi connectivity index (χ1) is 11.4. The number of benzene rings is 2. The lowest BCUT2D eigenvalue weighted by molar-refractivity contribution is 0.0911. The molecule has 0 aliphatic rings. The number of halogens is 3. The second-order valence-corrected chi connectivity index (χ2v) is 7.57. The summed E-state index contributed by atoms with van der Waals surface area (Å²) in [5.41, 5.74) is 1.79. The van der Waals surface area contributed by atoms with Crippen LogP contribution in [0.2, 0.25) is 5.02 Å². The van der Waals surface area contributed by atoms with Crippen molar-refractivity contribution in [3.05, 3.63) is 59.1 Å². The Morgan fingerprint density at radius 1 is 1.21 bits per heavy atom. The average Bonchev–Trinajstić information content (AvgIpc) is 2.95. The summed E-state index contributed by atoms with van der Waals surface area (Å²) in [5, 5.41) is 11.4. The van der Waals surface area contributed by atoms with Crippen molar-refractivity contribution in [2.75, 3.05) is 0 Å². The van der Waals surface area contributed by atoms with Crippen molar-refractivity contribution in [1.29, 1.82) is 0 Å². The quantitative estimate of drug-likeness (QED) is 0.687. The summed E-state index contributed by atoms with van der Waals surface area (Å²) in [6.45, 7) is 1.58. The van der Waals surface area contributed by atoms with Gasteiger partial charge in [-0.25, -0.2) is 4.68 Å². The van der Waals surface area contributed by atoms with Crippen molar-refractivity contribution in [2.45, 2.75) is 17.4 Å². The van der Waals surface area contributed by atoms with Crippen LogP contribution in [0.1, 0.15) is 23.4 Å². The van der Waals surface area contributed by atoms with Crippen LogP contribution in [0.5, 0.6) is 0 Å². The first-order valence-corrected chi connectivity index (χ1v) is 8.24. The molecule has 0 bridgehead atoms. The number of carbonyl (C=O) groups is 1. The molecule has 0 saturated carbocycles. The highest BCUT2D eigenvalue weighted by Crippen LogP contribution is 2.33. The molecule has 0 saturated heterocycles. The van der Waals surface area contributed by atoms with E-state index in [0.29, 0.717) is 21.6 Å². The number of rotatable bonds is 4. The highest BCUT2D eigenvalue weighted by Gasteiger charge is 2.35. The fourth-order valence-electron chi connectivity index (χ4n) is 2.32. The van der Waals surface area contributed by atoms with E-state index in [0.717, 1.165) is 0 Å². The molecule has 0 fully saturated rings. The van der Waals surface area contributed by atoms with Gasteiger partial charge in [-0.3, -0.25) is 4.79 Å². The second-order valence-electron chi connectivity index (χ2n) is 5.37. The number of nitrogens with one attached hydrogen (secondary N) is 1. The molecule has 2 aromatic carbocycles. The van der Waals surface area contributed by atoms with Crippen LogP contribution in [0.4, 0.5) is 0 Å². The molecule has 1 unspecified atom stereocenters. The third-order valence-corrected chi connectivity index (χ3v) is 4.11. The highest BCUT2D eigenvalue weighted by molar-refractivity contribution is 6.48. The Bertz CT molecular complexity index is 888. The molecule has 3 aromatic rings. The summed E-state index contributed by atoms with van der Waals surface area (Å²) < 4.78 is 0.183. The lowest BCUT2D eigenvalue weighted by Crippen LogP contribution is -2.42. The zero-order valence-electron chi connectivity index (χ0n) is 12.6. The monoisotopic (exact) mass is 382 g/mol. The van der Waals surface area contributed by atoms with Crippen LogP contribution in [0, 0.1) is 0 Å². The molecule has 0 spiro atoms. The van der Waals surface area contributed by atoms with E-state index in [-0.39, 0.29) is 5.91 Å². The standard InChI is InChI=1S/C16H13Cl3N4O/c1-16(18,19)15(20-14(24)10-5-4-6-11(17)9-10)23-13-8-3-2-7-12(13)21-22-23/h2-9,15H,1H3,(H,20,24). The van der Waals surface area contributed by atoms with Crippen LogP contribution in [0.25, 0.3) is 11.0 Å². The molecule has 124 valence electrons. The van der Waals surface area contributed by atoms with Gasteiger partial charge in [-0.2, -0.15) is 0 Å². The number of alkyl halides is 2. The molecule has 1 atom stereocenters. The first-order valence-electron chi connectivity index (χ1n) is 7.10. The van der Waals surface area contributed by atoms with Gasteiger partial charge in [0.1, 0.15) is 5.52 Å². The van der Waals surface area contributed by atoms with Gasteiger partial charge in [-0.15, -0.1) is 5.10 Å². The third kappa shape index (κ3) is 3.48. The van der Waals surface area contributed by atoms with Gasteiger partial charge >= 0.3 is 0 Å². The zero-order valence-corrected chi connectivity index (χ0v) is 14.8. The van der Waals surface area contributed by atoms with E-state index in [1.165, 1.54) is 4.68 Å². The van der Waals surface area contributed by atoms with Gasteiger partial charge in [-0.05, 0) is 37.3 Å². The summed E-state index contributed by atoms with van der Waals surface area (Å²) >= 11 is 18.5. The molecule has 1 heterocycles. The van der Waals surface area contributed by atoms with Gasteiger partial charge in [0.05, 0.1) is 5.52 Å². The van der Waals surface area contributed by atoms with Crippen molar-refractivity contribution in [3.63, 3.8) is 0 Å². The van der Waals surface area contributed by atoms with Crippen LogP contribution >= 0.6 is 34.8 Å². The van der Waals surface area contributed by atoms with Crippen molar-refractivity contribution in [2.24, 2.45) is 0 Å². The summed E-state index contributed by atoms with van der Waals surface area (Å²) in [6.07, 6.45) is -0.820. The van der Waals surface area contributed by atoms with Gasteiger partial charge in [-0.1, -0.05) is 58.2 Å². The molecule has 0 aliphatic heterocycles. The molecule has 1 aromatic heterocycles. The molecule has 0 aliphatic carbocycles. The minimum absolute atomic E-state index is 0.366. The fourth-order valence-corrected chi connectivity index (χ4v) is 2.80. The number of fused-ring (bicyclic) bond motifs is 1. The van der Waals surface area contributed by atoms with E-state index in [1.54, 1.807) is 31.2 Å². The summed E-state index contributed by atoms with van der Waals surface area (Å²) in [5.74, 6) is -0.366. The maximum atomic E-state index is 12.5. The summed E-state index contributed by atoms with van der Waals surface area (Å²) in [7, 11) is 0. The van der Waals surface area contributed by atoms with E-state index in [9.17, 15) is 4.79 Å². The van der Waals surface area contributed by atoms with Gasteiger partial charge in [0.15, 0.2) is 10.5 Å². The maximum absolute atomic E-state index is 12.5. The Balaban J connectivity index is 1.98. The summed E-state index contributed by atoms with van der Waals surface area (Å²) in [4.78, 5) is 12.5.